The van der Waals surface area contributed by atoms with E-state index < -0.39 is 0 Å². The second-order valence-electron chi connectivity index (χ2n) is 4.56. The molecule has 2 aromatic carbocycles. The molecule has 0 fully saturated rings. The maximum absolute atomic E-state index is 2.41. The third-order valence-electron chi connectivity index (χ3n) is 3.34. The fourth-order valence-corrected chi connectivity index (χ4v) is 2.33. The van der Waals surface area contributed by atoms with E-state index in [1.165, 1.54) is 22.4 Å². The molecule has 0 atom stereocenters. The molecule has 0 aliphatic rings. The van der Waals surface area contributed by atoms with Crippen LogP contribution < -0.4 is 4.90 Å². The monoisotopic (exact) mass is 239 g/mol. The third-order valence-corrected chi connectivity index (χ3v) is 3.34. The van der Waals surface area contributed by atoms with Gasteiger partial charge in [0.2, 0.25) is 0 Å². The number of rotatable bonds is 4. The van der Waals surface area contributed by atoms with Crippen LogP contribution in [0.2, 0.25) is 0 Å². The number of hydrogen-bond acceptors (Lipinski definition) is 1. The fraction of sp³-hybridized carbons (Fsp3) is 0.294. The van der Waals surface area contributed by atoms with Crippen molar-refractivity contribution in [1.29, 1.82) is 0 Å². The first-order valence-electron chi connectivity index (χ1n) is 6.67. The number of aryl methyl sites for hydroxylation is 1. The third kappa shape index (κ3) is 2.56. The highest BCUT2D eigenvalue weighted by Gasteiger charge is 2.09. The van der Waals surface area contributed by atoms with E-state index in [1.54, 1.807) is 0 Å². The van der Waals surface area contributed by atoms with Gasteiger partial charge in [0.15, 0.2) is 0 Å². The number of nitrogens with zero attached hydrogens (tertiary/aromatic N) is 1. The van der Waals surface area contributed by atoms with Crippen LogP contribution in [-0.2, 0) is 0 Å². The topological polar surface area (TPSA) is 3.24 Å². The van der Waals surface area contributed by atoms with E-state index in [0.717, 1.165) is 13.1 Å². The predicted octanol–water partition coefficient (Wildman–Crippen LogP) is 4.51. The van der Waals surface area contributed by atoms with Crippen molar-refractivity contribution in [3.63, 3.8) is 0 Å². The standard InChI is InChI=1S/C17H21N/c1-4-18(5-2)17-13-14(3)11-12-16(17)15-9-7-6-8-10-15/h6-13H,4-5H2,1-3H3. The Kier molecular flexibility index (Phi) is 4.03. The minimum atomic E-state index is 1.04. The Morgan fingerprint density at radius 2 is 1.56 bits per heavy atom. The van der Waals surface area contributed by atoms with Gasteiger partial charge in [-0.1, -0.05) is 42.5 Å². The maximum atomic E-state index is 2.41. The lowest BCUT2D eigenvalue weighted by Gasteiger charge is -2.25. The van der Waals surface area contributed by atoms with Crippen molar-refractivity contribution in [2.24, 2.45) is 0 Å². The Labute approximate surface area is 110 Å². The van der Waals surface area contributed by atoms with E-state index in [4.69, 9.17) is 0 Å². The van der Waals surface area contributed by atoms with E-state index in [-0.39, 0.29) is 0 Å². The van der Waals surface area contributed by atoms with Crippen molar-refractivity contribution in [3.05, 3.63) is 54.1 Å². The van der Waals surface area contributed by atoms with E-state index >= 15 is 0 Å². The Morgan fingerprint density at radius 1 is 0.889 bits per heavy atom. The minimum absolute atomic E-state index is 1.04. The second kappa shape index (κ2) is 5.72. The molecule has 2 aromatic rings. The molecule has 0 saturated carbocycles. The van der Waals surface area contributed by atoms with Gasteiger partial charge in [-0.25, -0.2) is 0 Å². The summed E-state index contributed by atoms with van der Waals surface area (Å²) in [5.74, 6) is 0. The van der Waals surface area contributed by atoms with Crippen molar-refractivity contribution < 1.29 is 0 Å². The Bertz CT molecular complexity index is 498. The Morgan fingerprint density at radius 3 is 2.17 bits per heavy atom. The Hall–Kier alpha value is -1.76. The molecule has 0 N–H and O–H groups in total. The van der Waals surface area contributed by atoms with Crippen molar-refractivity contribution >= 4 is 5.69 Å². The normalized spacial score (nSPS) is 10.4. The highest BCUT2D eigenvalue weighted by molar-refractivity contribution is 5.79. The molecule has 0 heterocycles. The number of anilines is 1. The molecule has 0 aliphatic carbocycles. The van der Waals surface area contributed by atoms with Gasteiger partial charge in [-0.15, -0.1) is 0 Å². The van der Waals surface area contributed by atoms with Gasteiger partial charge in [0.25, 0.3) is 0 Å². The lowest BCUT2D eigenvalue weighted by Crippen LogP contribution is -2.22. The molecule has 94 valence electrons. The van der Waals surface area contributed by atoms with Crippen molar-refractivity contribution in [3.8, 4) is 11.1 Å². The van der Waals surface area contributed by atoms with E-state index in [9.17, 15) is 0 Å². The van der Waals surface area contributed by atoms with Gasteiger partial charge < -0.3 is 4.90 Å². The van der Waals surface area contributed by atoms with Crippen molar-refractivity contribution in [1.82, 2.24) is 0 Å². The van der Waals surface area contributed by atoms with Gasteiger partial charge in [-0.05, 0) is 38.0 Å². The van der Waals surface area contributed by atoms with E-state index in [0.29, 0.717) is 0 Å². The molecule has 0 aliphatic heterocycles. The van der Waals surface area contributed by atoms with E-state index in [2.05, 4.69) is 74.2 Å². The SMILES string of the molecule is CCN(CC)c1cc(C)ccc1-c1ccccc1. The molecule has 0 radical (unpaired) electrons. The van der Waals surface area contributed by atoms with Gasteiger partial charge in [-0.2, -0.15) is 0 Å². The first kappa shape index (κ1) is 12.7. The number of hydrogen-bond donors (Lipinski definition) is 0. The zero-order valence-electron chi connectivity index (χ0n) is 11.5. The van der Waals surface area contributed by atoms with Gasteiger partial charge in [0.1, 0.15) is 0 Å². The summed E-state index contributed by atoms with van der Waals surface area (Å²) in [6.07, 6.45) is 0. The summed E-state index contributed by atoms with van der Waals surface area (Å²) in [5, 5.41) is 0. The minimum Gasteiger partial charge on any atom is -0.372 e. The van der Waals surface area contributed by atoms with Crippen LogP contribution in [0.4, 0.5) is 5.69 Å². The molecule has 0 unspecified atom stereocenters. The summed E-state index contributed by atoms with van der Waals surface area (Å²) in [5.41, 5.74) is 5.27. The molecule has 0 spiro atoms. The van der Waals surface area contributed by atoms with Crippen LogP contribution in [-0.4, -0.2) is 13.1 Å². The average Bonchev–Trinajstić information content (AvgIpc) is 2.41. The van der Waals surface area contributed by atoms with Gasteiger partial charge in [-0.3, -0.25) is 0 Å². The number of benzene rings is 2. The summed E-state index contributed by atoms with van der Waals surface area (Å²) in [6.45, 7) is 8.66. The molecule has 0 aromatic heterocycles. The van der Waals surface area contributed by atoms with Crippen LogP contribution in [0.3, 0.4) is 0 Å². The van der Waals surface area contributed by atoms with Gasteiger partial charge >= 0.3 is 0 Å². The molecular formula is C17H21N. The summed E-state index contributed by atoms with van der Waals surface area (Å²) in [7, 11) is 0. The summed E-state index contributed by atoms with van der Waals surface area (Å²) < 4.78 is 0. The highest BCUT2D eigenvalue weighted by Crippen LogP contribution is 2.31. The highest BCUT2D eigenvalue weighted by atomic mass is 15.1. The predicted molar refractivity (Wildman–Crippen MR) is 80.2 cm³/mol. The van der Waals surface area contributed by atoms with Crippen LogP contribution >= 0.6 is 0 Å². The molecule has 0 amide bonds. The first-order chi connectivity index (χ1) is 8.76. The molecule has 1 nitrogen and oxygen atoms in total. The van der Waals surface area contributed by atoms with Crippen LogP contribution in [0.5, 0.6) is 0 Å². The van der Waals surface area contributed by atoms with Crippen molar-refractivity contribution in [2.75, 3.05) is 18.0 Å². The van der Waals surface area contributed by atoms with Crippen LogP contribution in [0, 0.1) is 6.92 Å². The largest absolute Gasteiger partial charge is 0.372 e. The summed E-state index contributed by atoms with van der Waals surface area (Å²) >= 11 is 0. The smallest absolute Gasteiger partial charge is 0.0448 e. The molecule has 0 bridgehead atoms. The molecular weight excluding hydrogens is 218 g/mol. The lowest BCUT2D eigenvalue weighted by molar-refractivity contribution is 0.866. The summed E-state index contributed by atoms with van der Waals surface area (Å²) in [6, 6.07) is 17.3. The molecule has 2 rings (SSSR count). The van der Waals surface area contributed by atoms with Crippen LogP contribution in [0.25, 0.3) is 11.1 Å². The average molecular weight is 239 g/mol. The lowest BCUT2D eigenvalue weighted by atomic mass is 10.0. The molecule has 1 heteroatoms. The van der Waals surface area contributed by atoms with Crippen molar-refractivity contribution in [2.45, 2.75) is 20.8 Å². The quantitative estimate of drug-likeness (QED) is 0.759. The second-order valence-corrected chi connectivity index (χ2v) is 4.56. The summed E-state index contributed by atoms with van der Waals surface area (Å²) in [4.78, 5) is 2.41. The zero-order chi connectivity index (χ0) is 13.0. The van der Waals surface area contributed by atoms with Gasteiger partial charge in [0, 0.05) is 24.3 Å². The Balaban J connectivity index is 2.53. The molecule has 0 saturated heterocycles. The van der Waals surface area contributed by atoms with Gasteiger partial charge in [0.05, 0.1) is 0 Å². The van der Waals surface area contributed by atoms with Crippen LogP contribution in [0.15, 0.2) is 48.5 Å². The maximum Gasteiger partial charge on any atom is 0.0448 e. The zero-order valence-corrected chi connectivity index (χ0v) is 11.5. The fourth-order valence-electron chi connectivity index (χ4n) is 2.33. The first-order valence-corrected chi connectivity index (χ1v) is 6.67. The van der Waals surface area contributed by atoms with Crippen LogP contribution in [0.1, 0.15) is 19.4 Å². The molecule has 18 heavy (non-hydrogen) atoms. The van der Waals surface area contributed by atoms with E-state index in [1.807, 2.05) is 0 Å².